The standard InChI is InChI=1S/C62H114O6/c1-4-7-10-13-16-19-22-25-27-29-30-31-32-34-35-37-40-43-46-49-52-55-61(64)67-58-59(57-66-60(63)54-51-48-45-42-39-24-21-18-15-12-9-6-3)68-62(65)56-53-50-47-44-41-38-36-33-28-26-23-20-17-14-11-8-5-2/h18,21-22,25,29-30,59H,4-17,19-20,23-24,26-28,31-58H2,1-3H3/b21-18-,25-22-,30-29-. The lowest BCUT2D eigenvalue weighted by Gasteiger charge is -2.18. The highest BCUT2D eigenvalue weighted by Crippen LogP contribution is 2.17. The molecule has 0 aliphatic heterocycles. The molecule has 6 heteroatoms. The van der Waals surface area contributed by atoms with E-state index in [1.807, 2.05) is 0 Å². The molecule has 0 bridgehead atoms. The molecular formula is C62H114O6. The number of hydrogen-bond donors (Lipinski definition) is 0. The first-order valence-corrected chi connectivity index (χ1v) is 30.0. The molecule has 0 saturated heterocycles. The number of hydrogen-bond acceptors (Lipinski definition) is 6. The summed E-state index contributed by atoms with van der Waals surface area (Å²) < 4.78 is 16.9. The van der Waals surface area contributed by atoms with Gasteiger partial charge in [0.25, 0.3) is 0 Å². The quantitative estimate of drug-likeness (QED) is 0.0262. The SMILES string of the molecule is CCCCC/C=C\CCCCCCCC(=O)OCC(COC(=O)CCCCCCCCCCC/C=C\C/C=C\CCCCCCC)OC(=O)CCCCCCCCCCCCCCCCCCC. The van der Waals surface area contributed by atoms with Crippen molar-refractivity contribution in [2.75, 3.05) is 13.2 Å². The van der Waals surface area contributed by atoms with Crippen LogP contribution in [0.15, 0.2) is 36.5 Å². The van der Waals surface area contributed by atoms with Crippen LogP contribution in [0.2, 0.25) is 0 Å². The Labute approximate surface area is 423 Å². The summed E-state index contributed by atoms with van der Waals surface area (Å²) in [6.45, 7) is 6.64. The van der Waals surface area contributed by atoms with Crippen molar-refractivity contribution >= 4 is 17.9 Å². The van der Waals surface area contributed by atoms with Crippen LogP contribution in [0, 0.1) is 0 Å². The Bertz CT molecular complexity index is 1140. The van der Waals surface area contributed by atoms with Gasteiger partial charge in [-0.05, 0) is 77.0 Å². The van der Waals surface area contributed by atoms with E-state index in [4.69, 9.17) is 14.2 Å². The van der Waals surface area contributed by atoms with Crippen LogP contribution in [-0.4, -0.2) is 37.2 Å². The summed E-state index contributed by atoms with van der Waals surface area (Å²) in [7, 11) is 0. The summed E-state index contributed by atoms with van der Waals surface area (Å²) in [6, 6.07) is 0. The van der Waals surface area contributed by atoms with E-state index < -0.39 is 6.10 Å². The van der Waals surface area contributed by atoms with Crippen molar-refractivity contribution in [3.8, 4) is 0 Å². The van der Waals surface area contributed by atoms with Gasteiger partial charge in [0.05, 0.1) is 0 Å². The third-order valence-corrected chi connectivity index (χ3v) is 13.4. The van der Waals surface area contributed by atoms with Crippen LogP contribution in [0.3, 0.4) is 0 Å². The van der Waals surface area contributed by atoms with Gasteiger partial charge in [0.2, 0.25) is 0 Å². The monoisotopic (exact) mass is 955 g/mol. The van der Waals surface area contributed by atoms with Crippen LogP contribution in [0.25, 0.3) is 0 Å². The molecule has 0 rings (SSSR count). The first-order chi connectivity index (χ1) is 33.5. The van der Waals surface area contributed by atoms with Crippen LogP contribution >= 0.6 is 0 Å². The number of allylic oxidation sites excluding steroid dienone is 6. The van der Waals surface area contributed by atoms with E-state index in [2.05, 4.69) is 57.2 Å². The second kappa shape index (κ2) is 57.2. The molecule has 1 atom stereocenters. The van der Waals surface area contributed by atoms with E-state index >= 15 is 0 Å². The summed E-state index contributed by atoms with van der Waals surface area (Å²) in [5, 5.41) is 0. The Kier molecular flexibility index (Phi) is 55.2. The molecule has 0 heterocycles. The van der Waals surface area contributed by atoms with Crippen molar-refractivity contribution in [1.29, 1.82) is 0 Å². The Morgan fingerprint density at radius 3 is 0.853 bits per heavy atom. The second-order valence-corrected chi connectivity index (χ2v) is 20.3. The number of rotatable bonds is 55. The zero-order valence-electron chi connectivity index (χ0n) is 45.6. The number of ether oxygens (including phenoxy) is 3. The van der Waals surface area contributed by atoms with Crippen LogP contribution in [-0.2, 0) is 28.6 Å². The molecule has 0 radical (unpaired) electrons. The van der Waals surface area contributed by atoms with Crippen LogP contribution in [0.5, 0.6) is 0 Å². The molecule has 0 aliphatic carbocycles. The van der Waals surface area contributed by atoms with Crippen molar-refractivity contribution < 1.29 is 28.6 Å². The van der Waals surface area contributed by atoms with E-state index in [1.165, 1.54) is 212 Å². The minimum atomic E-state index is -0.774. The first-order valence-electron chi connectivity index (χ1n) is 30.0. The topological polar surface area (TPSA) is 78.9 Å². The number of unbranched alkanes of at least 4 members (excludes halogenated alkanes) is 38. The molecule has 0 aromatic carbocycles. The van der Waals surface area contributed by atoms with E-state index in [1.54, 1.807) is 0 Å². The number of esters is 3. The van der Waals surface area contributed by atoms with Gasteiger partial charge >= 0.3 is 17.9 Å². The Morgan fingerprint density at radius 2 is 0.529 bits per heavy atom. The van der Waals surface area contributed by atoms with Crippen molar-refractivity contribution in [2.45, 2.75) is 329 Å². The maximum atomic E-state index is 12.9. The van der Waals surface area contributed by atoms with Gasteiger partial charge in [-0.15, -0.1) is 0 Å². The van der Waals surface area contributed by atoms with Gasteiger partial charge in [0.1, 0.15) is 13.2 Å². The number of carbonyl (C=O) groups is 3. The van der Waals surface area contributed by atoms with Crippen molar-refractivity contribution in [2.24, 2.45) is 0 Å². The highest BCUT2D eigenvalue weighted by Gasteiger charge is 2.19. The van der Waals surface area contributed by atoms with Crippen molar-refractivity contribution in [1.82, 2.24) is 0 Å². The molecule has 0 saturated carbocycles. The van der Waals surface area contributed by atoms with Gasteiger partial charge in [-0.3, -0.25) is 14.4 Å². The van der Waals surface area contributed by atoms with E-state index in [9.17, 15) is 14.4 Å². The summed E-state index contributed by atoms with van der Waals surface area (Å²) >= 11 is 0. The first kappa shape index (κ1) is 65.6. The third-order valence-electron chi connectivity index (χ3n) is 13.4. The van der Waals surface area contributed by atoms with Gasteiger partial charge in [-0.1, -0.05) is 263 Å². The zero-order valence-corrected chi connectivity index (χ0v) is 45.6. The normalized spacial score (nSPS) is 12.2. The summed E-state index contributed by atoms with van der Waals surface area (Å²) in [5.41, 5.74) is 0. The largest absolute Gasteiger partial charge is 0.462 e. The molecule has 0 aliphatic rings. The van der Waals surface area contributed by atoms with Gasteiger partial charge in [0.15, 0.2) is 6.10 Å². The lowest BCUT2D eigenvalue weighted by atomic mass is 10.0. The molecular weight excluding hydrogens is 841 g/mol. The van der Waals surface area contributed by atoms with Gasteiger partial charge in [0, 0.05) is 19.3 Å². The van der Waals surface area contributed by atoms with Crippen LogP contribution in [0.4, 0.5) is 0 Å². The molecule has 0 aromatic rings. The van der Waals surface area contributed by atoms with Gasteiger partial charge in [-0.2, -0.15) is 0 Å². The zero-order chi connectivity index (χ0) is 49.3. The van der Waals surface area contributed by atoms with Gasteiger partial charge < -0.3 is 14.2 Å². The Morgan fingerprint density at radius 1 is 0.294 bits per heavy atom. The Balaban J connectivity index is 4.30. The maximum Gasteiger partial charge on any atom is 0.306 e. The molecule has 0 amide bonds. The fraction of sp³-hybridized carbons (Fsp3) is 0.855. The molecule has 1 unspecified atom stereocenters. The molecule has 0 fully saturated rings. The van der Waals surface area contributed by atoms with Crippen LogP contribution in [0.1, 0.15) is 323 Å². The minimum Gasteiger partial charge on any atom is -0.462 e. The fourth-order valence-corrected chi connectivity index (χ4v) is 8.82. The average Bonchev–Trinajstić information content (AvgIpc) is 3.34. The molecule has 398 valence electrons. The molecule has 0 spiro atoms. The predicted molar refractivity (Wildman–Crippen MR) is 293 cm³/mol. The predicted octanol–water partition coefficient (Wildman–Crippen LogP) is 20.0. The number of carbonyl (C=O) groups excluding carboxylic acids is 3. The smallest absolute Gasteiger partial charge is 0.306 e. The second-order valence-electron chi connectivity index (χ2n) is 20.3. The molecule has 0 aromatic heterocycles. The summed E-state index contributed by atoms with van der Waals surface area (Å²) in [5.74, 6) is -0.867. The fourth-order valence-electron chi connectivity index (χ4n) is 8.82. The minimum absolute atomic E-state index is 0.0734. The third kappa shape index (κ3) is 54.6. The highest BCUT2D eigenvalue weighted by molar-refractivity contribution is 5.71. The molecule has 0 N–H and O–H groups in total. The summed E-state index contributed by atoms with van der Waals surface area (Å²) in [6.07, 6.45) is 68.5. The molecule has 6 nitrogen and oxygen atoms in total. The van der Waals surface area contributed by atoms with E-state index in [0.29, 0.717) is 19.3 Å². The van der Waals surface area contributed by atoms with E-state index in [-0.39, 0.29) is 31.1 Å². The van der Waals surface area contributed by atoms with Crippen LogP contribution < -0.4 is 0 Å². The lowest BCUT2D eigenvalue weighted by Crippen LogP contribution is -2.30. The molecule has 68 heavy (non-hydrogen) atoms. The van der Waals surface area contributed by atoms with Crippen molar-refractivity contribution in [3.63, 3.8) is 0 Å². The Hall–Kier alpha value is -2.37. The lowest BCUT2D eigenvalue weighted by molar-refractivity contribution is -0.167. The van der Waals surface area contributed by atoms with Gasteiger partial charge in [-0.25, -0.2) is 0 Å². The highest BCUT2D eigenvalue weighted by atomic mass is 16.6. The average molecular weight is 956 g/mol. The van der Waals surface area contributed by atoms with Crippen molar-refractivity contribution in [3.05, 3.63) is 36.5 Å². The maximum absolute atomic E-state index is 12.9. The van der Waals surface area contributed by atoms with E-state index in [0.717, 1.165) is 70.6 Å². The summed E-state index contributed by atoms with van der Waals surface area (Å²) in [4.78, 5) is 38.2.